The fourth-order valence-electron chi connectivity index (χ4n) is 2.82. The molecule has 2 aromatic rings. The zero-order chi connectivity index (χ0) is 22.3. The van der Waals surface area contributed by atoms with Gasteiger partial charge in [0.1, 0.15) is 5.75 Å². The molecule has 0 aliphatic carbocycles. The molecule has 30 heavy (non-hydrogen) atoms. The van der Waals surface area contributed by atoms with Crippen LogP contribution < -0.4 is 10.1 Å². The highest BCUT2D eigenvalue weighted by molar-refractivity contribution is 7.89. The van der Waals surface area contributed by atoms with E-state index < -0.39 is 10.0 Å². The van der Waals surface area contributed by atoms with E-state index in [-0.39, 0.29) is 29.2 Å². The quantitative estimate of drug-likeness (QED) is 0.568. The molecule has 0 aliphatic rings. The molecule has 1 N–H and O–H groups in total. The molecule has 0 heterocycles. The molecular weight excluding hydrogens is 424 g/mol. The lowest BCUT2D eigenvalue weighted by Crippen LogP contribution is -2.37. The van der Waals surface area contributed by atoms with Gasteiger partial charge >= 0.3 is 0 Å². The van der Waals surface area contributed by atoms with Crippen molar-refractivity contribution in [2.24, 2.45) is 11.8 Å². The molecule has 0 saturated carbocycles. The third kappa shape index (κ3) is 7.31. The highest BCUT2D eigenvalue weighted by atomic mass is 35.5. The summed E-state index contributed by atoms with van der Waals surface area (Å²) in [6, 6.07) is 12.9. The standard InChI is InChI=1S/C22H29ClN2O4S/c1-16(2)13-25(14-17(3)4)30(27,28)21-11-7-19(8-12-21)24-22(26)15-29-20-9-5-18(23)6-10-20/h5-12,16-17H,13-15H2,1-4H3,(H,24,26). The molecule has 0 spiro atoms. The molecule has 2 aromatic carbocycles. The Labute approximate surface area is 184 Å². The SMILES string of the molecule is CC(C)CN(CC(C)C)S(=O)(=O)c1ccc(NC(=O)COc2ccc(Cl)cc2)cc1. The number of carbonyl (C=O) groups is 1. The van der Waals surface area contributed by atoms with Crippen molar-refractivity contribution in [3.63, 3.8) is 0 Å². The summed E-state index contributed by atoms with van der Waals surface area (Å²) in [7, 11) is -3.60. The van der Waals surface area contributed by atoms with Crippen molar-refractivity contribution in [2.75, 3.05) is 25.0 Å². The third-order valence-electron chi connectivity index (χ3n) is 4.10. The van der Waals surface area contributed by atoms with E-state index in [9.17, 15) is 13.2 Å². The van der Waals surface area contributed by atoms with Crippen molar-refractivity contribution in [3.8, 4) is 5.75 Å². The average molecular weight is 453 g/mol. The molecule has 0 aliphatic heterocycles. The van der Waals surface area contributed by atoms with Gasteiger partial charge in [0.25, 0.3) is 5.91 Å². The van der Waals surface area contributed by atoms with Crippen LogP contribution in [0.4, 0.5) is 5.69 Å². The van der Waals surface area contributed by atoms with Crippen LogP contribution >= 0.6 is 11.6 Å². The summed E-state index contributed by atoms with van der Waals surface area (Å²) >= 11 is 5.81. The first-order valence-electron chi connectivity index (χ1n) is 9.86. The molecule has 1 amide bonds. The number of sulfonamides is 1. The minimum absolute atomic E-state index is 0.168. The first-order chi connectivity index (χ1) is 14.1. The molecule has 0 atom stereocenters. The zero-order valence-corrected chi connectivity index (χ0v) is 19.3. The van der Waals surface area contributed by atoms with Gasteiger partial charge in [0.15, 0.2) is 6.61 Å². The maximum atomic E-state index is 13.0. The number of halogens is 1. The predicted octanol–water partition coefficient (Wildman–Crippen LogP) is 4.66. The van der Waals surface area contributed by atoms with Crippen LogP contribution in [0, 0.1) is 11.8 Å². The van der Waals surface area contributed by atoms with Gasteiger partial charge in [0.05, 0.1) is 4.90 Å². The summed E-state index contributed by atoms with van der Waals surface area (Å²) in [6.07, 6.45) is 0. The van der Waals surface area contributed by atoms with Crippen LogP contribution in [0.1, 0.15) is 27.7 Å². The van der Waals surface area contributed by atoms with Gasteiger partial charge in [0, 0.05) is 23.8 Å². The number of carbonyl (C=O) groups excluding carboxylic acids is 1. The molecule has 0 unspecified atom stereocenters. The minimum Gasteiger partial charge on any atom is -0.484 e. The predicted molar refractivity (Wildman–Crippen MR) is 120 cm³/mol. The highest BCUT2D eigenvalue weighted by Crippen LogP contribution is 2.21. The van der Waals surface area contributed by atoms with Gasteiger partial charge in [-0.1, -0.05) is 39.3 Å². The van der Waals surface area contributed by atoms with Crippen LogP contribution in [0.5, 0.6) is 5.75 Å². The maximum Gasteiger partial charge on any atom is 0.262 e. The van der Waals surface area contributed by atoms with Crippen LogP contribution in [-0.4, -0.2) is 38.3 Å². The highest BCUT2D eigenvalue weighted by Gasteiger charge is 2.25. The number of nitrogens with one attached hydrogen (secondary N) is 1. The van der Waals surface area contributed by atoms with Crippen molar-refractivity contribution < 1.29 is 17.9 Å². The molecule has 2 rings (SSSR count). The lowest BCUT2D eigenvalue weighted by atomic mass is 10.2. The van der Waals surface area contributed by atoms with E-state index in [1.807, 2.05) is 27.7 Å². The summed E-state index contributed by atoms with van der Waals surface area (Å²) in [5, 5.41) is 3.28. The van der Waals surface area contributed by atoms with E-state index in [4.69, 9.17) is 16.3 Å². The van der Waals surface area contributed by atoms with E-state index in [1.165, 1.54) is 16.4 Å². The Morgan fingerprint density at radius 1 is 0.967 bits per heavy atom. The van der Waals surface area contributed by atoms with Gasteiger partial charge in [-0.25, -0.2) is 8.42 Å². The molecule has 6 nitrogen and oxygen atoms in total. The second-order valence-electron chi connectivity index (χ2n) is 7.92. The molecule has 0 fully saturated rings. The fraction of sp³-hybridized carbons (Fsp3) is 0.409. The number of anilines is 1. The Bertz CT molecular complexity index is 917. The van der Waals surface area contributed by atoms with Gasteiger partial charge < -0.3 is 10.1 Å². The summed E-state index contributed by atoms with van der Waals surface area (Å²) in [4.78, 5) is 12.3. The lowest BCUT2D eigenvalue weighted by Gasteiger charge is -2.25. The summed E-state index contributed by atoms with van der Waals surface area (Å²) in [5.74, 6) is 0.628. The van der Waals surface area contributed by atoms with Crippen LogP contribution in [0.2, 0.25) is 5.02 Å². The zero-order valence-electron chi connectivity index (χ0n) is 17.8. The van der Waals surface area contributed by atoms with E-state index in [0.29, 0.717) is 29.5 Å². The molecule has 8 heteroatoms. The normalized spacial score (nSPS) is 11.9. The number of hydrogen-bond acceptors (Lipinski definition) is 4. The maximum absolute atomic E-state index is 13.0. The van der Waals surface area contributed by atoms with Crippen molar-refractivity contribution >= 4 is 33.2 Å². The molecule has 0 aromatic heterocycles. The molecule has 0 bridgehead atoms. The third-order valence-corrected chi connectivity index (χ3v) is 6.19. The Hall–Kier alpha value is -2.09. The van der Waals surface area contributed by atoms with Gasteiger partial charge in [-0.15, -0.1) is 0 Å². The van der Waals surface area contributed by atoms with E-state index in [1.54, 1.807) is 36.4 Å². The van der Waals surface area contributed by atoms with Gasteiger partial charge in [-0.05, 0) is 60.4 Å². The number of rotatable bonds is 10. The monoisotopic (exact) mass is 452 g/mol. The number of benzene rings is 2. The topological polar surface area (TPSA) is 75.7 Å². The summed E-state index contributed by atoms with van der Waals surface area (Å²) in [5.41, 5.74) is 0.498. The van der Waals surface area contributed by atoms with E-state index in [0.717, 1.165) is 0 Å². The van der Waals surface area contributed by atoms with Gasteiger partial charge in [-0.3, -0.25) is 4.79 Å². The number of nitrogens with zero attached hydrogens (tertiary/aromatic N) is 1. The van der Waals surface area contributed by atoms with Crippen LogP contribution in [-0.2, 0) is 14.8 Å². The second kappa shape index (κ2) is 10.8. The largest absolute Gasteiger partial charge is 0.484 e. The van der Waals surface area contributed by atoms with E-state index >= 15 is 0 Å². The Morgan fingerprint density at radius 2 is 1.50 bits per heavy atom. The Balaban J connectivity index is 2.01. The van der Waals surface area contributed by atoms with Gasteiger partial charge in [-0.2, -0.15) is 4.31 Å². The minimum atomic E-state index is -3.60. The molecule has 0 radical (unpaired) electrons. The van der Waals surface area contributed by atoms with Crippen molar-refractivity contribution in [2.45, 2.75) is 32.6 Å². The van der Waals surface area contributed by atoms with Crippen LogP contribution in [0.15, 0.2) is 53.4 Å². The van der Waals surface area contributed by atoms with Crippen molar-refractivity contribution in [1.82, 2.24) is 4.31 Å². The fourth-order valence-corrected chi connectivity index (χ4v) is 4.71. The molecular formula is C22H29ClN2O4S. The van der Waals surface area contributed by atoms with Crippen molar-refractivity contribution in [1.29, 1.82) is 0 Å². The lowest BCUT2D eigenvalue weighted by molar-refractivity contribution is -0.118. The van der Waals surface area contributed by atoms with Crippen LogP contribution in [0.3, 0.4) is 0 Å². The number of amides is 1. The molecule has 164 valence electrons. The first kappa shape index (κ1) is 24.2. The second-order valence-corrected chi connectivity index (χ2v) is 10.3. The first-order valence-corrected chi connectivity index (χ1v) is 11.7. The number of hydrogen-bond donors (Lipinski definition) is 1. The van der Waals surface area contributed by atoms with Crippen LogP contribution in [0.25, 0.3) is 0 Å². The number of ether oxygens (including phenoxy) is 1. The smallest absolute Gasteiger partial charge is 0.262 e. The summed E-state index contributed by atoms with van der Waals surface area (Å²) < 4.78 is 33.0. The van der Waals surface area contributed by atoms with E-state index in [2.05, 4.69) is 5.32 Å². The average Bonchev–Trinajstić information content (AvgIpc) is 2.67. The van der Waals surface area contributed by atoms with Crippen molar-refractivity contribution in [3.05, 3.63) is 53.6 Å². The van der Waals surface area contributed by atoms with Gasteiger partial charge in [0.2, 0.25) is 10.0 Å². The Kier molecular flexibility index (Phi) is 8.70. The Morgan fingerprint density at radius 3 is 2.00 bits per heavy atom. The molecule has 0 saturated heterocycles. The summed E-state index contributed by atoms with van der Waals surface area (Å²) in [6.45, 7) is 8.72.